The van der Waals surface area contributed by atoms with Crippen molar-refractivity contribution in [1.82, 2.24) is 25.1 Å². The predicted molar refractivity (Wildman–Crippen MR) is 151 cm³/mol. The number of halogens is 1. The zero-order chi connectivity index (χ0) is 28.1. The van der Waals surface area contributed by atoms with Crippen molar-refractivity contribution in [3.63, 3.8) is 0 Å². The molecule has 1 atom stereocenters. The summed E-state index contributed by atoms with van der Waals surface area (Å²) in [6, 6.07) is 19.3. The molecule has 0 fully saturated rings. The number of pyridine rings is 2. The van der Waals surface area contributed by atoms with Gasteiger partial charge in [-0.25, -0.2) is 0 Å². The van der Waals surface area contributed by atoms with E-state index in [-0.39, 0.29) is 12.0 Å². The van der Waals surface area contributed by atoms with Gasteiger partial charge in [-0.1, -0.05) is 41.9 Å². The lowest BCUT2D eigenvalue weighted by molar-refractivity contribution is -0.141. The van der Waals surface area contributed by atoms with Crippen LogP contribution in [0.3, 0.4) is 0 Å². The van der Waals surface area contributed by atoms with Gasteiger partial charge in [-0.3, -0.25) is 24.5 Å². The van der Waals surface area contributed by atoms with E-state index < -0.39 is 17.9 Å². The number of methoxy groups -OCH3 is 1. The molecule has 0 spiro atoms. The molecule has 2 aromatic carbocycles. The normalized spacial score (nSPS) is 11.8. The number of esters is 1. The summed E-state index contributed by atoms with van der Waals surface area (Å²) in [6.45, 7) is 0.488. The highest BCUT2D eigenvalue weighted by atomic mass is 35.5. The summed E-state index contributed by atoms with van der Waals surface area (Å²) >= 11 is 6.18. The van der Waals surface area contributed by atoms with E-state index in [1.165, 1.54) is 19.4 Å². The number of amides is 1. The molecule has 40 heavy (non-hydrogen) atoms. The number of rotatable bonds is 9. The number of hydrogen-bond acceptors (Lipinski definition) is 6. The maximum Gasteiger partial charge on any atom is 0.308 e. The van der Waals surface area contributed by atoms with Crippen LogP contribution in [0.2, 0.25) is 5.02 Å². The summed E-state index contributed by atoms with van der Waals surface area (Å²) in [5.41, 5.74) is 4.41. The minimum Gasteiger partial charge on any atom is -0.469 e. The van der Waals surface area contributed by atoms with Crippen LogP contribution in [0.15, 0.2) is 90.1 Å². The fourth-order valence-corrected chi connectivity index (χ4v) is 4.65. The molecular formula is C30H26ClN5O4. The SMILES string of the molecule is COC(=O)CC(NC(=O)c1cncc(Cc2ccc(Cn3ccccc3=O)cc2)c1)c1[nH]nc2ccc(Cl)cc12. The fourth-order valence-electron chi connectivity index (χ4n) is 4.48. The van der Waals surface area contributed by atoms with Gasteiger partial charge in [-0.2, -0.15) is 5.10 Å². The number of H-pyrrole nitrogens is 1. The maximum atomic E-state index is 13.3. The number of ether oxygens (including phenoxy) is 1. The number of benzene rings is 2. The van der Waals surface area contributed by atoms with Gasteiger partial charge in [0.2, 0.25) is 0 Å². The topological polar surface area (TPSA) is 119 Å². The van der Waals surface area contributed by atoms with Crippen LogP contribution in [0.1, 0.15) is 45.2 Å². The van der Waals surface area contributed by atoms with Gasteiger partial charge in [0.15, 0.2) is 0 Å². The Balaban J connectivity index is 1.31. The van der Waals surface area contributed by atoms with E-state index in [2.05, 4.69) is 20.5 Å². The van der Waals surface area contributed by atoms with Crippen LogP contribution < -0.4 is 10.9 Å². The molecule has 0 aliphatic rings. The van der Waals surface area contributed by atoms with Crippen LogP contribution in [0.4, 0.5) is 0 Å². The molecule has 0 radical (unpaired) electrons. The second-order valence-corrected chi connectivity index (χ2v) is 9.78. The zero-order valence-electron chi connectivity index (χ0n) is 21.6. The summed E-state index contributed by atoms with van der Waals surface area (Å²) < 4.78 is 6.50. The lowest BCUT2D eigenvalue weighted by Crippen LogP contribution is -2.31. The minimum absolute atomic E-state index is 0.0499. The van der Waals surface area contributed by atoms with E-state index >= 15 is 0 Å². The molecule has 3 heterocycles. The minimum atomic E-state index is -0.725. The van der Waals surface area contributed by atoms with E-state index in [1.807, 2.05) is 30.3 Å². The average Bonchev–Trinajstić information content (AvgIpc) is 3.38. The summed E-state index contributed by atoms with van der Waals surface area (Å²) in [7, 11) is 1.30. The highest BCUT2D eigenvalue weighted by Crippen LogP contribution is 2.27. The molecule has 0 aliphatic carbocycles. The van der Waals surface area contributed by atoms with Crippen molar-refractivity contribution in [2.24, 2.45) is 0 Å². The number of nitrogens with zero attached hydrogens (tertiary/aromatic N) is 3. The molecule has 0 aliphatic heterocycles. The number of carbonyl (C=O) groups is 2. The molecule has 5 rings (SSSR count). The third-order valence-corrected chi connectivity index (χ3v) is 6.77. The molecule has 10 heteroatoms. The van der Waals surface area contributed by atoms with Crippen LogP contribution in [0.25, 0.3) is 10.9 Å². The van der Waals surface area contributed by atoms with Crippen molar-refractivity contribution in [1.29, 1.82) is 0 Å². The number of carbonyl (C=O) groups excluding carboxylic acids is 2. The standard InChI is InChI=1S/C30H26ClN5O4/c1-40-28(38)15-26(29-24-14-23(31)9-10-25(24)34-35-29)33-30(39)22-13-21(16-32-17-22)12-19-5-7-20(8-6-19)18-36-11-3-2-4-27(36)37/h2-11,13-14,16-17,26H,12,15,18H2,1H3,(H,33,39)(H,34,35). The van der Waals surface area contributed by atoms with Crippen LogP contribution >= 0.6 is 11.6 Å². The third-order valence-electron chi connectivity index (χ3n) is 6.54. The molecule has 1 unspecified atom stereocenters. The molecule has 1 amide bonds. The lowest BCUT2D eigenvalue weighted by Gasteiger charge is -2.17. The second kappa shape index (κ2) is 12.0. The van der Waals surface area contributed by atoms with Crippen molar-refractivity contribution in [2.75, 3.05) is 7.11 Å². The van der Waals surface area contributed by atoms with E-state index in [0.717, 1.165) is 16.7 Å². The molecule has 5 aromatic rings. The van der Waals surface area contributed by atoms with Gasteiger partial charge in [0.05, 0.1) is 42.9 Å². The number of aromatic amines is 1. The van der Waals surface area contributed by atoms with Gasteiger partial charge in [-0.05, 0) is 53.4 Å². The molecule has 3 aromatic heterocycles. The summed E-state index contributed by atoms with van der Waals surface area (Å²) in [5.74, 6) is -0.876. The van der Waals surface area contributed by atoms with Gasteiger partial charge in [0.1, 0.15) is 0 Å². The van der Waals surface area contributed by atoms with E-state index in [4.69, 9.17) is 16.3 Å². The number of fused-ring (bicyclic) bond motifs is 1. The fraction of sp³-hybridized carbons (Fsp3) is 0.167. The summed E-state index contributed by atoms with van der Waals surface area (Å²) in [5, 5.41) is 11.3. The monoisotopic (exact) mass is 555 g/mol. The predicted octanol–water partition coefficient (Wildman–Crippen LogP) is 4.45. The van der Waals surface area contributed by atoms with Gasteiger partial charge in [0, 0.05) is 35.1 Å². The van der Waals surface area contributed by atoms with Crippen molar-refractivity contribution >= 4 is 34.4 Å². The van der Waals surface area contributed by atoms with E-state index in [9.17, 15) is 14.4 Å². The number of hydrogen-bond donors (Lipinski definition) is 2. The molecule has 9 nitrogen and oxygen atoms in total. The molecule has 0 bridgehead atoms. The third kappa shape index (κ3) is 6.27. The first kappa shape index (κ1) is 26.8. The van der Waals surface area contributed by atoms with E-state index in [0.29, 0.717) is 40.1 Å². The first-order valence-corrected chi connectivity index (χ1v) is 13.0. The lowest BCUT2D eigenvalue weighted by atomic mass is 10.0. The molecular weight excluding hydrogens is 530 g/mol. The average molecular weight is 556 g/mol. The van der Waals surface area contributed by atoms with E-state index in [1.54, 1.807) is 47.3 Å². The summed E-state index contributed by atoms with van der Waals surface area (Å²) in [4.78, 5) is 41.7. The number of nitrogens with one attached hydrogen (secondary N) is 2. The van der Waals surface area contributed by atoms with Crippen LogP contribution in [0, 0.1) is 0 Å². The Morgan fingerprint density at radius 3 is 2.60 bits per heavy atom. The first-order chi connectivity index (χ1) is 19.4. The Morgan fingerprint density at radius 2 is 1.82 bits per heavy atom. The molecule has 2 N–H and O–H groups in total. The Kier molecular flexibility index (Phi) is 8.02. The van der Waals surface area contributed by atoms with Gasteiger partial charge in [-0.15, -0.1) is 0 Å². The van der Waals surface area contributed by atoms with Gasteiger partial charge in [0.25, 0.3) is 11.5 Å². The molecule has 202 valence electrons. The molecule has 0 saturated heterocycles. The molecule has 0 saturated carbocycles. The quantitative estimate of drug-likeness (QED) is 0.259. The highest BCUT2D eigenvalue weighted by molar-refractivity contribution is 6.31. The Morgan fingerprint density at radius 1 is 1.02 bits per heavy atom. The Bertz CT molecular complexity index is 1730. The van der Waals surface area contributed by atoms with Gasteiger partial charge < -0.3 is 14.6 Å². The van der Waals surface area contributed by atoms with Crippen LogP contribution in [-0.4, -0.2) is 38.7 Å². The van der Waals surface area contributed by atoms with Gasteiger partial charge >= 0.3 is 5.97 Å². The second-order valence-electron chi connectivity index (χ2n) is 9.35. The smallest absolute Gasteiger partial charge is 0.308 e. The van der Waals surface area contributed by atoms with Crippen molar-refractivity contribution in [2.45, 2.75) is 25.4 Å². The van der Waals surface area contributed by atoms with Crippen LogP contribution in [0.5, 0.6) is 0 Å². The van der Waals surface area contributed by atoms with Crippen molar-refractivity contribution in [3.05, 3.63) is 129 Å². The van der Waals surface area contributed by atoms with Crippen molar-refractivity contribution in [3.8, 4) is 0 Å². The Labute approximate surface area is 234 Å². The largest absolute Gasteiger partial charge is 0.469 e. The highest BCUT2D eigenvalue weighted by Gasteiger charge is 2.24. The van der Waals surface area contributed by atoms with Crippen molar-refractivity contribution < 1.29 is 14.3 Å². The van der Waals surface area contributed by atoms with Crippen LogP contribution in [-0.2, 0) is 22.5 Å². The first-order valence-electron chi connectivity index (χ1n) is 12.6. The summed E-state index contributed by atoms with van der Waals surface area (Å²) in [6.07, 6.45) is 5.43. The zero-order valence-corrected chi connectivity index (χ0v) is 22.4. The Hall–Kier alpha value is -4.76. The number of aromatic nitrogens is 4. The maximum absolute atomic E-state index is 13.3.